The van der Waals surface area contributed by atoms with E-state index in [0.717, 1.165) is 12.8 Å². The fraction of sp³-hybridized carbons (Fsp3) is 0.391. The maximum absolute atomic E-state index is 12.2. The molecule has 0 saturated heterocycles. The number of phenolic OH excluding ortho intramolecular Hbond substituents is 1. The molecule has 28 heavy (non-hydrogen) atoms. The Kier molecular flexibility index (Phi) is 9.05. The van der Waals surface area contributed by atoms with Crippen molar-refractivity contribution in [3.63, 3.8) is 0 Å². The third kappa shape index (κ3) is 7.82. The lowest BCUT2D eigenvalue weighted by Gasteiger charge is -2.08. The number of benzene rings is 2. The average molecular weight is 383 g/mol. The van der Waals surface area contributed by atoms with Crippen molar-refractivity contribution in [1.29, 1.82) is 0 Å². The highest BCUT2D eigenvalue weighted by molar-refractivity contribution is 6.04. The molecule has 0 saturated carbocycles. The van der Waals surface area contributed by atoms with E-state index in [-0.39, 0.29) is 17.6 Å². The fourth-order valence-corrected chi connectivity index (χ4v) is 2.92. The first-order valence-electron chi connectivity index (χ1n) is 10.1. The van der Waals surface area contributed by atoms with E-state index in [0.29, 0.717) is 23.4 Å². The zero-order valence-electron chi connectivity index (χ0n) is 16.5. The summed E-state index contributed by atoms with van der Waals surface area (Å²) in [5.41, 5.74) is 1.79. The predicted molar refractivity (Wildman–Crippen MR) is 114 cm³/mol. The maximum Gasteiger partial charge on any atom is 0.255 e. The van der Waals surface area contributed by atoms with Crippen LogP contribution >= 0.6 is 0 Å². The molecule has 0 atom stereocenters. The number of unbranched alkanes of at least 4 members (excludes halogenated alkanes) is 6. The predicted octanol–water partition coefficient (Wildman–Crippen LogP) is 5.72. The topological polar surface area (TPSA) is 78.4 Å². The molecule has 0 heterocycles. The van der Waals surface area contributed by atoms with E-state index in [1.165, 1.54) is 44.2 Å². The van der Waals surface area contributed by atoms with Crippen molar-refractivity contribution in [1.82, 2.24) is 0 Å². The molecule has 3 N–H and O–H groups in total. The first-order chi connectivity index (χ1) is 13.6. The van der Waals surface area contributed by atoms with Crippen molar-refractivity contribution < 1.29 is 14.7 Å². The molecule has 5 heteroatoms. The molecule has 0 radical (unpaired) electrons. The zero-order valence-corrected chi connectivity index (χ0v) is 16.5. The van der Waals surface area contributed by atoms with E-state index < -0.39 is 0 Å². The van der Waals surface area contributed by atoms with E-state index in [2.05, 4.69) is 17.6 Å². The molecule has 0 spiro atoms. The van der Waals surface area contributed by atoms with Crippen LogP contribution in [-0.4, -0.2) is 16.9 Å². The highest BCUT2D eigenvalue weighted by Crippen LogP contribution is 2.16. The molecule has 0 aliphatic carbocycles. The molecule has 150 valence electrons. The summed E-state index contributed by atoms with van der Waals surface area (Å²) >= 11 is 0. The van der Waals surface area contributed by atoms with Crippen molar-refractivity contribution in [2.45, 2.75) is 58.3 Å². The van der Waals surface area contributed by atoms with Crippen LogP contribution in [-0.2, 0) is 4.79 Å². The first kappa shape index (κ1) is 21.5. The molecule has 0 aliphatic heterocycles. The molecular formula is C23H30N2O3. The quantitative estimate of drug-likeness (QED) is 0.343. The van der Waals surface area contributed by atoms with Crippen LogP contribution in [0, 0.1) is 0 Å². The first-order valence-corrected chi connectivity index (χ1v) is 10.1. The van der Waals surface area contributed by atoms with Gasteiger partial charge in [0.05, 0.1) is 0 Å². The Morgan fingerprint density at radius 2 is 1.29 bits per heavy atom. The Hall–Kier alpha value is -2.82. The van der Waals surface area contributed by atoms with Gasteiger partial charge in [0.25, 0.3) is 5.91 Å². The van der Waals surface area contributed by atoms with Crippen molar-refractivity contribution >= 4 is 23.2 Å². The van der Waals surface area contributed by atoms with Crippen molar-refractivity contribution in [3.05, 3.63) is 54.1 Å². The molecular weight excluding hydrogens is 352 g/mol. The minimum atomic E-state index is -0.244. The standard InChI is InChI=1S/C23H30N2O3/c1-2-3-4-5-6-7-8-9-22(27)24-19-12-10-18(11-13-19)23(28)25-20-14-16-21(26)17-15-20/h10-17,26H,2-9H2,1H3,(H,24,27)(H,25,28). The number of anilines is 2. The van der Waals surface area contributed by atoms with Gasteiger partial charge in [-0.15, -0.1) is 0 Å². The molecule has 0 aliphatic rings. The van der Waals surface area contributed by atoms with E-state index >= 15 is 0 Å². The number of carbonyl (C=O) groups is 2. The van der Waals surface area contributed by atoms with Gasteiger partial charge in [-0.3, -0.25) is 9.59 Å². The van der Waals surface area contributed by atoms with Gasteiger partial charge in [-0.1, -0.05) is 45.4 Å². The molecule has 5 nitrogen and oxygen atoms in total. The van der Waals surface area contributed by atoms with Crippen molar-refractivity contribution in [2.75, 3.05) is 10.6 Å². The number of hydrogen-bond donors (Lipinski definition) is 3. The summed E-state index contributed by atoms with van der Waals surface area (Å²) in [6.07, 6.45) is 8.80. The highest BCUT2D eigenvalue weighted by Gasteiger charge is 2.07. The van der Waals surface area contributed by atoms with Gasteiger partial charge in [-0.05, 0) is 55.0 Å². The van der Waals surface area contributed by atoms with E-state index in [1.54, 1.807) is 36.4 Å². The molecule has 2 aromatic carbocycles. The maximum atomic E-state index is 12.2. The zero-order chi connectivity index (χ0) is 20.2. The summed E-state index contributed by atoms with van der Waals surface area (Å²) in [5, 5.41) is 14.9. The lowest BCUT2D eigenvalue weighted by atomic mass is 10.1. The largest absolute Gasteiger partial charge is 0.508 e. The van der Waals surface area contributed by atoms with Crippen LogP contribution in [0.4, 0.5) is 11.4 Å². The molecule has 2 aromatic rings. The number of hydrogen-bond acceptors (Lipinski definition) is 3. The van der Waals surface area contributed by atoms with Gasteiger partial charge in [0.15, 0.2) is 0 Å². The molecule has 0 bridgehead atoms. The Labute approximate surface area is 167 Å². The van der Waals surface area contributed by atoms with Crippen LogP contribution in [0.15, 0.2) is 48.5 Å². The summed E-state index contributed by atoms with van der Waals surface area (Å²) in [5.74, 6) is -0.0870. The van der Waals surface area contributed by atoms with E-state index in [9.17, 15) is 14.7 Å². The van der Waals surface area contributed by atoms with Gasteiger partial charge in [-0.2, -0.15) is 0 Å². The van der Waals surface area contributed by atoms with Gasteiger partial charge in [0.2, 0.25) is 5.91 Å². The number of amides is 2. The van der Waals surface area contributed by atoms with Gasteiger partial charge < -0.3 is 15.7 Å². The third-order valence-electron chi connectivity index (χ3n) is 4.56. The Balaban J connectivity index is 1.72. The van der Waals surface area contributed by atoms with Crippen molar-refractivity contribution in [3.8, 4) is 5.75 Å². The second kappa shape index (κ2) is 11.8. The Bertz CT molecular complexity index is 739. The average Bonchev–Trinajstić information content (AvgIpc) is 2.69. The van der Waals surface area contributed by atoms with Gasteiger partial charge in [0.1, 0.15) is 5.75 Å². The Morgan fingerprint density at radius 1 is 0.750 bits per heavy atom. The molecule has 0 fully saturated rings. The van der Waals surface area contributed by atoms with Crippen molar-refractivity contribution in [2.24, 2.45) is 0 Å². The SMILES string of the molecule is CCCCCCCCCC(=O)Nc1ccc(C(=O)Nc2ccc(O)cc2)cc1. The minimum Gasteiger partial charge on any atom is -0.508 e. The van der Waals surface area contributed by atoms with Gasteiger partial charge in [-0.25, -0.2) is 0 Å². The lowest BCUT2D eigenvalue weighted by molar-refractivity contribution is -0.116. The number of nitrogens with one attached hydrogen (secondary N) is 2. The summed E-state index contributed by atoms with van der Waals surface area (Å²) in [6.45, 7) is 2.21. The smallest absolute Gasteiger partial charge is 0.255 e. The van der Waals surface area contributed by atoms with Gasteiger partial charge >= 0.3 is 0 Å². The van der Waals surface area contributed by atoms with E-state index in [4.69, 9.17) is 0 Å². The molecule has 0 unspecified atom stereocenters. The molecule has 2 amide bonds. The summed E-state index contributed by atoms with van der Waals surface area (Å²) < 4.78 is 0. The van der Waals surface area contributed by atoms with Gasteiger partial charge in [0, 0.05) is 23.4 Å². The summed E-state index contributed by atoms with van der Waals surface area (Å²) in [4.78, 5) is 24.3. The van der Waals surface area contributed by atoms with Crippen LogP contribution in [0.25, 0.3) is 0 Å². The summed E-state index contributed by atoms with van der Waals surface area (Å²) in [6, 6.07) is 13.1. The number of rotatable bonds is 11. The van der Waals surface area contributed by atoms with Crippen LogP contribution in [0.2, 0.25) is 0 Å². The fourth-order valence-electron chi connectivity index (χ4n) is 2.92. The second-order valence-electron chi connectivity index (χ2n) is 7.00. The van der Waals surface area contributed by atoms with Crippen LogP contribution < -0.4 is 10.6 Å². The number of aromatic hydroxyl groups is 1. The second-order valence-corrected chi connectivity index (χ2v) is 7.00. The van der Waals surface area contributed by atoms with Crippen LogP contribution in [0.1, 0.15) is 68.6 Å². The summed E-state index contributed by atoms with van der Waals surface area (Å²) in [7, 11) is 0. The normalized spacial score (nSPS) is 10.5. The third-order valence-corrected chi connectivity index (χ3v) is 4.56. The van der Waals surface area contributed by atoms with E-state index in [1.807, 2.05) is 0 Å². The minimum absolute atomic E-state index is 0.00912. The Morgan fingerprint density at radius 3 is 1.93 bits per heavy atom. The highest BCUT2D eigenvalue weighted by atomic mass is 16.3. The van der Waals surface area contributed by atoms with Crippen LogP contribution in [0.5, 0.6) is 5.75 Å². The molecule has 2 rings (SSSR count). The number of phenols is 1. The lowest BCUT2D eigenvalue weighted by Crippen LogP contribution is -2.13. The molecule has 0 aromatic heterocycles. The number of carbonyl (C=O) groups excluding carboxylic acids is 2. The monoisotopic (exact) mass is 382 g/mol. The van der Waals surface area contributed by atoms with Crippen LogP contribution in [0.3, 0.4) is 0 Å².